The Morgan fingerprint density at radius 1 is 1.43 bits per heavy atom. The van der Waals surface area contributed by atoms with Crippen LogP contribution in [0.4, 0.5) is 5.95 Å². The number of nitrogens with zero attached hydrogens (tertiary/aromatic N) is 5. The minimum atomic E-state index is -0.271. The fourth-order valence-corrected chi connectivity index (χ4v) is 2.78. The second-order valence-corrected chi connectivity index (χ2v) is 5.81. The van der Waals surface area contributed by atoms with E-state index in [2.05, 4.69) is 25.8 Å². The number of nitrogens with one attached hydrogen (secondary N) is 1. The zero-order valence-electron chi connectivity index (χ0n) is 12.5. The summed E-state index contributed by atoms with van der Waals surface area (Å²) in [4.78, 5) is 16.2. The summed E-state index contributed by atoms with van der Waals surface area (Å²) in [7, 11) is 0. The average Bonchev–Trinajstić information content (AvgIpc) is 2.89. The van der Waals surface area contributed by atoms with Gasteiger partial charge in [0.25, 0.3) is 0 Å². The first kappa shape index (κ1) is 15.3. The molecule has 1 saturated carbocycles. The lowest BCUT2D eigenvalue weighted by molar-refractivity contribution is -0.123. The Labute approximate surface area is 132 Å². The van der Waals surface area contributed by atoms with E-state index in [1.807, 2.05) is 12.1 Å². The molecule has 2 aromatic heterocycles. The number of nitrogen functional groups attached to an aromatic ring is 1. The zero-order valence-corrected chi connectivity index (χ0v) is 12.5. The molecule has 4 N–H and O–H groups in total. The van der Waals surface area contributed by atoms with Crippen molar-refractivity contribution in [3.05, 3.63) is 30.1 Å². The molecule has 1 amide bonds. The van der Waals surface area contributed by atoms with Gasteiger partial charge in [0.15, 0.2) is 0 Å². The van der Waals surface area contributed by atoms with Gasteiger partial charge in [0.05, 0.1) is 6.10 Å². The van der Waals surface area contributed by atoms with E-state index in [4.69, 9.17) is 5.73 Å². The lowest BCUT2D eigenvalue weighted by Crippen LogP contribution is -2.49. The van der Waals surface area contributed by atoms with Crippen molar-refractivity contribution in [2.75, 3.05) is 5.73 Å². The SMILES string of the molecule is Nc1nnnn1CC(=O)NC(Cc1ccncc1)C1CC(O)C1. The molecule has 0 aliphatic heterocycles. The summed E-state index contributed by atoms with van der Waals surface area (Å²) in [6, 6.07) is 3.80. The smallest absolute Gasteiger partial charge is 0.242 e. The Bertz CT molecular complexity index is 654. The Morgan fingerprint density at radius 3 is 2.78 bits per heavy atom. The largest absolute Gasteiger partial charge is 0.393 e. The number of tetrazole rings is 1. The summed E-state index contributed by atoms with van der Waals surface area (Å²) < 4.78 is 1.24. The number of hydrogen-bond acceptors (Lipinski definition) is 7. The van der Waals surface area contributed by atoms with Crippen LogP contribution in [0.15, 0.2) is 24.5 Å². The fourth-order valence-electron chi connectivity index (χ4n) is 2.78. The maximum atomic E-state index is 12.2. The molecule has 0 bridgehead atoms. The Hall–Kier alpha value is -2.55. The van der Waals surface area contributed by atoms with Gasteiger partial charge in [-0.2, -0.15) is 0 Å². The predicted octanol–water partition coefficient (Wildman–Crippen LogP) is -0.851. The molecule has 3 rings (SSSR count). The third kappa shape index (κ3) is 3.81. The van der Waals surface area contributed by atoms with Gasteiger partial charge in [0.1, 0.15) is 6.54 Å². The number of rotatable bonds is 6. The molecule has 2 aromatic rings. The second kappa shape index (κ2) is 6.69. The Balaban J connectivity index is 1.63. The summed E-state index contributed by atoms with van der Waals surface area (Å²) in [5.41, 5.74) is 6.66. The van der Waals surface area contributed by atoms with E-state index in [1.165, 1.54) is 4.68 Å². The molecule has 1 atom stereocenters. The van der Waals surface area contributed by atoms with Crippen molar-refractivity contribution in [2.45, 2.75) is 38.0 Å². The molecule has 0 saturated heterocycles. The molecule has 1 fully saturated rings. The van der Waals surface area contributed by atoms with Crippen LogP contribution >= 0.6 is 0 Å². The highest BCUT2D eigenvalue weighted by Gasteiger charge is 2.34. The van der Waals surface area contributed by atoms with E-state index in [9.17, 15) is 9.90 Å². The van der Waals surface area contributed by atoms with Crippen LogP contribution in [0.3, 0.4) is 0 Å². The first-order valence-electron chi connectivity index (χ1n) is 7.50. The van der Waals surface area contributed by atoms with Gasteiger partial charge >= 0.3 is 0 Å². The summed E-state index contributed by atoms with van der Waals surface area (Å²) in [6.07, 6.45) is 5.27. The minimum absolute atomic E-state index is 0.0268. The number of aliphatic hydroxyl groups is 1. The van der Waals surface area contributed by atoms with E-state index in [1.54, 1.807) is 12.4 Å². The number of anilines is 1. The molecular weight excluding hydrogens is 298 g/mol. The molecule has 1 aliphatic rings. The van der Waals surface area contributed by atoms with Crippen LogP contribution in [0.1, 0.15) is 18.4 Å². The van der Waals surface area contributed by atoms with Gasteiger partial charge < -0.3 is 16.2 Å². The number of carbonyl (C=O) groups is 1. The molecular formula is C14H19N7O2. The predicted molar refractivity (Wildman–Crippen MR) is 80.8 cm³/mol. The minimum Gasteiger partial charge on any atom is -0.393 e. The van der Waals surface area contributed by atoms with E-state index in [0.29, 0.717) is 19.3 Å². The summed E-state index contributed by atoms with van der Waals surface area (Å²) in [5, 5.41) is 23.2. The van der Waals surface area contributed by atoms with E-state index < -0.39 is 0 Å². The molecule has 122 valence electrons. The van der Waals surface area contributed by atoms with Crippen molar-refractivity contribution in [2.24, 2.45) is 5.92 Å². The Morgan fingerprint density at radius 2 is 2.17 bits per heavy atom. The van der Waals surface area contributed by atoms with E-state index >= 15 is 0 Å². The summed E-state index contributed by atoms with van der Waals surface area (Å²) in [6.45, 7) is -0.0268. The van der Waals surface area contributed by atoms with Crippen LogP contribution in [0.5, 0.6) is 0 Å². The molecule has 0 aromatic carbocycles. The molecule has 23 heavy (non-hydrogen) atoms. The highest BCUT2D eigenvalue weighted by molar-refractivity contribution is 5.76. The van der Waals surface area contributed by atoms with Crippen LogP contribution in [0, 0.1) is 5.92 Å². The number of pyridine rings is 1. The number of aliphatic hydroxyl groups excluding tert-OH is 1. The topological polar surface area (TPSA) is 132 Å². The average molecular weight is 317 g/mol. The van der Waals surface area contributed by atoms with Crippen LogP contribution in [0.2, 0.25) is 0 Å². The highest BCUT2D eigenvalue weighted by atomic mass is 16.3. The van der Waals surface area contributed by atoms with Crippen molar-refractivity contribution in [1.82, 2.24) is 30.5 Å². The number of nitrogens with two attached hydrogens (primary N) is 1. The monoisotopic (exact) mass is 317 g/mol. The van der Waals surface area contributed by atoms with Gasteiger partial charge in [-0.25, -0.2) is 4.68 Å². The van der Waals surface area contributed by atoms with Crippen molar-refractivity contribution in [1.29, 1.82) is 0 Å². The van der Waals surface area contributed by atoms with Crippen molar-refractivity contribution < 1.29 is 9.90 Å². The molecule has 0 radical (unpaired) electrons. The van der Waals surface area contributed by atoms with Crippen LogP contribution < -0.4 is 11.1 Å². The van der Waals surface area contributed by atoms with E-state index in [0.717, 1.165) is 5.56 Å². The van der Waals surface area contributed by atoms with Gasteiger partial charge in [-0.15, -0.1) is 0 Å². The van der Waals surface area contributed by atoms with Gasteiger partial charge in [-0.3, -0.25) is 9.78 Å². The van der Waals surface area contributed by atoms with Crippen molar-refractivity contribution >= 4 is 11.9 Å². The van der Waals surface area contributed by atoms with Crippen LogP contribution in [-0.4, -0.2) is 48.4 Å². The first-order valence-corrected chi connectivity index (χ1v) is 7.50. The van der Waals surface area contributed by atoms with Crippen molar-refractivity contribution in [3.63, 3.8) is 0 Å². The first-order chi connectivity index (χ1) is 11.1. The zero-order chi connectivity index (χ0) is 16.2. The molecule has 0 spiro atoms. The lowest BCUT2D eigenvalue weighted by atomic mass is 9.75. The standard InChI is InChI=1S/C14H19N7O2/c15-14-18-19-20-21(14)8-13(23)17-12(10-6-11(22)7-10)5-9-1-3-16-4-2-9/h1-4,10-12,22H,5-8H2,(H,17,23)(H2,15,18,20). The summed E-state index contributed by atoms with van der Waals surface area (Å²) in [5.74, 6) is 0.155. The maximum absolute atomic E-state index is 12.2. The molecule has 9 nitrogen and oxygen atoms in total. The third-order valence-electron chi connectivity index (χ3n) is 4.12. The number of carbonyl (C=O) groups excluding carboxylic acids is 1. The molecule has 2 heterocycles. The number of amides is 1. The second-order valence-electron chi connectivity index (χ2n) is 5.81. The maximum Gasteiger partial charge on any atom is 0.242 e. The Kier molecular flexibility index (Phi) is 4.47. The normalized spacial score (nSPS) is 21.4. The molecule has 1 aliphatic carbocycles. The quantitative estimate of drug-likeness (QED) is 0.632. The van der Waals surface area contributed by atoms with Gasteiger partial charge in [-0.1, -0.05) is 5.10 Å². The highest BCUT2D eigenvalue weighted by Crippen LogP contribution is 2.31. The van der Waals surface area contributed by atoms with Gasteiger partial charge in [-0.05, 0) is 53.3 Å². The van der Waals surface area contributed by atoms with Crippen LogP contribution in [-0.2, 0) is 17.8 Å². The van der Waals surface area contributed by atoms with Crippen LogP contribution in [0.25, 0.3) is 0 Å². The molecule has 1 unspecified atom stereocenters. The van der Waals surface area contributed by atoms with Gasteiger partial charge in [0.2, 0.25) is 11.9 Å². The summed E-state index contributed by atoms with van der Waals surface area (Å²) >= 11 is 0. The number of hydrogen-bond donors (Lipinski definition) is 3. The third-order valence-corrected chi connectivity index (χ3v) is 4.12. The fraction of sp³-hybridized carbons (Fsp3) is 0.500. The van der Waals surface area contributed by atoms with E-state index in [-0.39, 0.29) is 36.5 Å². The molecule has 9 heteroatoms. The lowest BCUT2D eigenvalue weighted by Gasteiger charge is -2.38. The van der Waals surface area contributed by atoms with Crippen molar-refractivity contribution in [3.8, 4) is 0 Å². The van der Waals surface area contributed by atoms with Gasteiger partial charge in [0, 0.05) is 18.4 Å². The number of aromatic nitrogens is 5.